The normalized spacial score (nSPS) is 20.7. The third-order valence-electron chi connectivity index (χ3n) is 16.3. The van der Waals surface area contributed by atoms with Crippen molar-refractivity contribution in [3.63, 3.8) is 0 Å². The number of nitrogens with one attached hydrogen (secondary N) is 2. The Morgan fingerprint density at radius 1 is 0.864 bits per heavy atom. The average molecular weight is 1170 g/mol. The number of aromatic amines is 1. The van der Waals surface area contributed by atoms with Crippen LogP contribution in [0.15, 0.2) is 91.5 Å². The van der Waals surface area contributed by atoms with E-state index in [0.29, 0.717) is 33.0 Å². The Morgan fingerprint density at radius 2 is 1.53 bits per heavy atom. The minimum Gasteiger partial charge on any atom is -0.481 e. The van der Waals surface area contributed by atoms with E-state index in [9.17, 15) is 32.7 Å². The number of H-pyrrole nitrogens is 1. The van der Waals surface area contributed by atoms with E-state index < -0.39 is 68.7 Å². The number of nitrogens with zero attached hydrogens (tertiary/aromatic N) is 9. The van der Waals surface area contributed by atoms with Gasteiger partial charge in [0.1, 0.15) is 5.82 Å². The third-order valence-corrected chi connectivity index (χ3v) is 18.7. The van der Waals surface area contributed by atoms with Crippen LogP contribution < -0.4 is 5.32 Å². The summed E-state index contributed by atoms with van der Waals surface area (Å²) < 4.78 is 48.4. The van der Waals surface area contributed by atoms with E-state index in [1.165, 1.54) is 16.4 Å². The van der Waals surface area contributed by atoms with Gasteiger partial charge in [0, 0.05) is 111 Å². The molecule has 10 rings (SSSR count). The maximum atomic E-state index is 15.8. The zero-order valence-electron chi connectivity index (χ0n) is 45.7. The second-order valence-corrected chi connectivity index (χ2v) is 26.0. The molecule has 4 fully saturated rings. The Labute approximate surface area is 479 Å². The second-order valence-electron chi connectivity index (χ2n) is 23.1. The van der Waals surface area contributed by atoms with Gasteiger partial charge in [-0.05, 0) is 84.7 Å². The molecule has 3 aliphatic heterocycles. The quantitative estimate of drug-likeness (QED) is 0.0779. The lowest BCUT2D eigenvalue weighted by Crippen LogP contribution is -2.61. The first-order valence-corrected chi connectivity index (χ1v) is 29.8. The zero-order valence-corrected chi connectivity index (χ0v) is 48.0. The number of anilines is 2. The van der Waals surface area contributed by atoms with Crippen LogP contribution in [0.25, 0.3) is 16.9 Å². The highest BCUT2D eigenvalue weighted by Crippen LogP contribution is 2.54. The minimum absolute atomic E-state index is 0.0210. The van der Waals surface area contributed by atoms with Gasteiger partial charge in [0.25, 0.3) is 5.91 Å². The van der Waals surface area contributed by atoms with Crippen LogP contribution in [0.1, 0.15) is 118 Å². The molecule has 1 saturated carbocycles. The maximum Gasteiger partial charge on any atom is 0.304 e. The molecule has 3 saturated heterocycles. The van der Waals surface area contributed by atoms with Crippen LogP contribution in [0, 0.1) is 16.6 Å². The number of halogens is 3. The van der Waals surface area contributed by atoms with Crippen molar-refractivity contribution in [3.8, 4) is 11.3 Å². The van der Waals surface area contributed by atoms with Crippen LogP contribution >= 0.6 is 23.2 Å². The molecule has 23 heteroatoms. The molecule has 428 valence electrons. The first kappa shape index (κ1) is 57.3. The lowest BCUT2D eigenvalue weighted by molar-refractivity contribution is -0.162. The van der Waals surface area contributed by atoms with Gasteiger partial charge in [-0.3, -0.25) is 33.5 Å². The van der Waals surface area contributed by atoms with Gasteiger partial charge in [0.15, 0.2) is 11.5 Å². The Hall–Kier alpha value is -6.94. The summed E-state index contributed by atoms with van der Waals surface area (Å²) in [6.07, 6.45) is 9.33. The molecule has 3 aromatic heterocycles. The Kier molecular flexibility index (Phi) is 16.4. The fourth-order valence-corrected chi connectivity index (χ4v) is 14.0. The number of hydrogen-bond acceptors (Lipinski definition) is 11. The standard InChI is InChI=1S/C58H66Cl2FN11O8S/c1-57(2,3)48(72-52(37-13-16-41(59)17-14-37)43(38-7-5-8-42(60)27-38)29-58(4,56(72)78)30-51(75)76)35-81(79,80)70-25-23-68(24-26-70)50(74)10-6-9-49(73)67-19-21-69(22-20-67)55(77)39-15-18-45(44(61)28-39)65-53-54-62-33-47(40-31-63-64-32-40)71(54)34-46(66-53)36-11-12-36/h5,7-8,13-18,27-28,31-34,36,43,48,52H,6,9-12,19-26,29-30,35H2,1-4H3,(H,63,64)(H,65,66)(H,75,76)/t43-,48-,52-,58-/m1/s1. The van der Waals surface area contributed by atoms with Crippen LogP contribution in [0.5, 0.6) is 0 Å². The van der Waals surface area contributed by atoms with Crippen molar-refractivity contribution >= 4 is 80.0 Å². The predicted molar refractivity (Wildman–Crippen MR) is 304 cm³/mol. The van der Waals surface area contributed by atoms with E-state index in [1.807, 2.05) is 49.6 Å². The van der Waals surface area contributed by atoms with Gasteiger partial charge in [-0.25, -0.2) is 22.8 Å². The van der Waals surface area contributed by atoms with E-state index in [1.54, 1.807) is 81.5 Å². The number of benzene rings is 3. The summed E-state index contributed by atoms with van der Waals surface area (Å²) in [5.74, 6) is -3.21. The SMILES string of the molecule is CC(C)(C)[C@@H](CS(=O)(=O)N1CCN(C(=O)CCCC(=O)N2CCN(C(=O)c3ccc(Nc4nc(C5CC5)cn5c(-c6cn[nH]c6)cnc45)c(F)c3)CC2)CC1)N1C(=O)[C@@](C)(CC(=O)O)C[C@H](c2cccc(Cl)c2)[C@H]1c1ccc(Cl)cc1. The van der Waals surface area contributed by atoms with E-state index in [-0.39, 0.29) is 107 Å². The van der Waals surface area contributed by atoms with Crippen molar-refractivity contribution in [1.29, 1.82) is 0 Å². The second kappa shape index (κ2) is 23.1. The Morgan fingerprint density at radius 3 is 2.14 bits per heavy atom. The number of sulfonamides is 1. The molecule has 4 atom stereocenters. The molecule has 1 aliphatic carbocycles. The third kappa shape index (κ3) is 12.5. The van der Waals surface area contributed by atoms with E-state index in [4.69, 9.17) is 28.2 Å². The van der Waals surface area contributed by atoms with Gasteiger partial charge in [-0.15, -0.1) is 0 Å². The highest BCUT2D eigenvalue weighted by molar-refractivity contribution is 7.89. The topological polar surface area (TPSA) is 227 Å². The predicted octanol–water partition coefficient (Wildman–Crippen LogP) is 8.77. The van der Waals surface area contributed by atoms with Gasteiger partial charge in [-0.1, -0.05) is 75.2 Å². The number of rotatable bonds is 17. The molecule has 4 amide bonds. The van der Waals surface area contributed by atoms with Gasteiger partial charge >= 0.3 is 5.97 Å². The Balaban J connectivity index is 0.723. The molecule has 0 spiro atoms. The smallest absolute Gasteiger partial charge is 0.304 e. The zero-order chi connectivity index (χ0) is 57.5. The minimum atomic E-state index is -4.10. The van der Waals surface area contributed by atoms with Gasteiger partial charge in [0.2, 0.25) is 27.7 Å². The largest absolute Gasteiger partial charge is 0.481 e. The van der Waals surface area contributed by atoms with Gasteiger partial charge in [-0.2, -0.15) is 9.40 Å². The van der Waals surface area contributed by atoms with E-state index in [0.717, 1.165) is 35.4 Å². The number of carboxylic acids is 1. The number of fused-ring (bicyclic) bond motifs is 1. The highest BCUT2D eigenvalue weighted by Gasteiger charge is 2.55. The summed E-state index contributed by atoms with van der Waals surface area (Å²) in [6, 6.07) is 16.9. The summed E-state index contributed by atoms with van der Waals surface area (Å²) in [7, 11) is -4.10. The average Bonchev–Trinajstić information content (AvgIpc) is 3.99. The fourth-order valence-electron chi connectivity index (χ4n) is 11.7. The van der Waals surface area contributed by atoms with Crippen molar-refractivity contribution in [2.75, 3.05) is 63.4 Å². The number of carboxylic acid groups (broad SMARTS) is 1. The molecular formula is C58H66Cl2FN11O8S. The van der Waals surface area contributed by atoms with Crippen LogP contribution in [-0.2, 0) is 29.2 Å². The van der Waals surface area contributed by atoms with Crippen molar-refractivity contribution in [3.05, 3.63) is 130 Å². The molecule has 6 aromatic rings. The molecular weight excluding hydrogens is 1100 g/mol. The van der Waals surface area contributed by atoms with Crippen molar-refractivity contribution in [2.45, 2.75) is 96.6 Å². The molecule has 3 N–H and O–H groups in total. The van der Waals surface area contributed by atoms with Crippen LogP contribution in [0.3, 0.4) is 0 Å². The lowest BCUT2D eigenvalue weighted by atomic mass is 9.66. The molecule has 0 radical (unpaired) electrons. The molecule has 81 heavy (non-hydrogen) atoms. The van der Waals surface area contributed by atoms with Crippen molar-refractivity contribution in [1.82, 2.24) is 48.5 Å². The molecule has 3 aromatic carbocycles. The van der Waals surface area contributed by atoms with Crippen LogP contribution in [-0.4, -0.2) is 156 Å². The molecule has 6 heterocycles. The summed E-state index contributed by atoms with van der Waals surface area (Å²) >= 11 is 12.9. The number of piperazine rings is 2. The van der Waals surface area contributed by atoms with Crippen LogP contribution in [0.4, 0.5) is 15.9 Å². The molecule has 0 unspecified atom stereocenters. The maximum absolute atomic E-state index is 15.8. The fraction of sp³-hybridized carbons (Fsp3) is 0.448. The first-order valence-electron chi connectivity index (χ1n) is 27.4. The molecule has 0 bridgehead atoms. The first-order chi connectivity index (χ1) is 38.6. The summed E-state index contributed by atoms with van der Waals surface area (Å²) in [5, 5.41) is 21.1. The van der Waals surface area contributed by atoms with E-state index >= 15 is 9.18 Å². The molecule has 4 aliphatic rings. The summed E-state index contributed by atoms with van der Waals surface area (Å²) in [4.78, 5) is 83.9. The number of aromatic nitrogens is 5. The van der Waals surface area contributed by atoms with Gasteiger partial charge in [0.05, 0.1) is 59.1 Å². The monoisotopic (exact) mass is 1170 g/mol. The number of piperidine rings is 1. The van der Waals surface area contributed by atoms with Crippen molar-refractivity contribution < 1.29 is 41.9 Å². The molecule has 19 nitrogen and oxygen atoms in total. The number of carbonyl (C=O) groups is 5. The van der Waals surface area contributed by atoms with Crippen LogP contribution in [0.2, 0.25) is 10.0 Å². The highest BCUT2D eigenvalue weighted by atomic mass is 35.5. The number of likely N-dealkylation sites (tertiary alicyclic amines) is 1. The number of aliphatic carboxylic acids is 1. The summed E-state index contributed by atoms with van der Waals surface area (Å²) in [6.45, 7) is 8.57. The number of imidazole rings is 1. The number of hydrogen-bond donors (Lipinski definition) is 3. The van der Waals surface area contributed by atoms with Crippen molar-refractivity contribution in [2.24, 2.45) is 10.8 Å². The van der Waals surface area contributed by atoms with Gasteiger partial charge < -0.3 is 30.0 Å². The van der Waals surface area contributed by atoms with E-state index in [2.05, 4.69) is 20.5 Å². The number of amides is 4. The Bertz CT molecular complexity index is 3470. The summed E-state index contributed by atoms with van der Waals surface area (Å²) in [5.41, 5.74) is 2.60. The lowest BCUT2D eigenvalue weighted by Gasteiger charge is -2.54. The number of carbonyl (C=O) groups excluding carboxylic acids is 4.